The van der Waals surface area contributed by atoms with Gasteiger partial charge < -0.3 is 5.32 Å². The Hall–Kier alpha value is -1.28. The van der Waals surface area contributed by atoms with Gasteiger partial charge in [-0.2, -0.15) is 5.10 Å². The maximum atomic E-state index is 12.0. The lowest BCUT2D eigenvalue weighted by molar-refractivity contribution is 0.358. The van der Waals surface area contributed by atoms with Gasteiger partial charge >= 0.3 is 0 Å². The molecule has 1 aromatic rings. The quantitative estimate of drug-likeness (QED) is 0.870. The highest BCUT2D eigenvalue weighted by atomic mass is 79.9. The van der Waals surface area contributed by atoms with Crippen LogP contribution in [0.4, 0.5) is 5.69 Å². The summed E-state index contributed by atoms with van der Waals surface area (Å²) in [7, 11) is 0. The highest BCUT2D eigenvalue weighted by molar-refractivity contribution is 9.10. The molecule has 0 aliphatic heterocycles. The first-order chi connectivity index (χ1) is 9.11. The first-order valence-corrected chi connectivity index (χ1v) is 7.36. The minimum atomic E-state index is -0.188. The number of anilines is 1. The fourth-order valence-electron chi connectivity index (χ4n) is 2.55. The Bertz CT molecular complexity index is 547. The zero-order valence-electron chi connectivity index (χ0n) is 11.0. The van der Waals surface area contributed by atoms with Crippen LogP contribution < -0.4 is 10.9 Å². The minimum absolute atomic E-state index is 0.188. The van der Waals surface area contributed by atoms with Gasteiger partial charge in [-0.15, -0.1) is 6.42 Å². The average molecular weight is 324 g/mol. The van der Waals surface area contributed by atoms with Crippen molar-refractivity contribution in [2.45, 2.75) is 45.2 Å². The van der Waals surface area contributed by atoms with Crippen LogP contribution in [0.1, 0.15) is 32.6 Å². The largest absolute Gasteiger partial charge is 0.380 e. The van der Waals surface area contributed by atoms with Crippen LogP contribution in [0, 0.1) is 18.3 Å². The van der Waals surface area contributed by atoms with Crippen LogP contribution in [-0.4, -0.2) is 15.8 Å². The summed E-state index contributed by atoms with van der Waals surface area (Å²) in [5.74, 6) is 3.15. The normalized spacial score (nSPS) is 22.8. The number of hydrogen-bond acceptors (Lipinski definition) is 3. The lowest BCUT2D eigenvalue weighted by atomic mass is 9.87. The third-order valence-electron chi connectivity index (χ3n) is 3.52. The van der Waals surface area contributed by atoms with Gasteiger partial charge in [-0.25, -0.2) is 4.68 Å². The summed E-state index contributed by atoms with van der Waals surface area (Å²) in [4.78, 5) is 12.0. The molecule has 1 N–H and O–H groups in total. The van der Waals surface area contributed by atoms with Crippen molar-refractivity contribution in [1.29, 1.82) is 0 Å². The Morgan fingerprint density at radius 3 is 3.11 bits per heavy atom. The van der Waals surface area contributed by atoms with Crippen LogP contribution >= 0.6 is 15.9 Å². The summed E-state index contributed by atoms with van der Waals surface area (Å²) in [5.41, 5.74) is 0.573. The predicted octanol–water partition coefficient (Wildman–Crippen LogP) is 2.63. The van der Waals surface area contributed by atoms with Gasteiger partial charge in [0.05, 0.1) is 11.9 Å². The SMILES string of the molecule is C#CCn1ncc(NC2CCCC(C)C2)c(Br)c1=O. The molecular weight excluding hydrogens is 306 g/mol. The third-order valence-corrected chi connectivity index (χ3v) is 4.29. The highest BCUT2D eigenvalue weighted by Crippen LogP contribution is 2.27. The first-order valence-electron chi connectivity index (χ1n) is 6.57. The van der Waals surface area contributed by atoms with Crippen molar-refractivity contribution in [2.75, 3.05) is 5.32 Å². The minimum Gasteiger partial charge on any atom is -0.380 e. The topological polar surface area (TPSA) is 46.9 Å². The molecule has 19 heavy (non-hydrogen) atoms. The van der Waals surface area contributed by atoms with Gasteiger partial charge in [0.1, 0.15) is 11.0 Å². The number of rotatable bonds is 3. The van der Waals surface area contributed by atoms with Crippen molar-refractivity contribution in [3.8, 4) is 12.3 Å². The fraction of sp³-hybridized carbons (Fsp3) is 0.571. The summed E-state index contributed by atoms with van der Waals surface area (Å²) < 4.78 is 1.79. The average Bonchev–Trinajstić information content (AvgIpc) is 2.39. The zero-order chi connectivity index (χ0) is 13.8. The monoisotopic (exact) mass is 323 g/mol. The van der Waals surface area contributed by atoms with Gasteiger partial charge in [-0.1, -0.05) is 25.7 Å². The second kappa shape index (κ2) is 6.25. The van der Waals surface area contributed by atoms with Gasteiger partial charge in [0, 0.05) is 6.04 Å². The molecule has 1 aromatic heterocycles. The second-order valence-corrected chi connectivity index (χ2v) is 5.95. The fourth-order valence-corrected chi connectivity index (χ4v) is 2.97. The van der Waals surface area contributed by atoms with Crippen molar-refractivity contribution in [1.82, 2.24) is 9.78 Å². The van der Waals surface area contributed by atoms with Crippen LogP contribution in [0.25, 0.3) is 0 Å². The van der Waals surface area contributed by atoms with Crippen molar-refractivity contribution in [2.24, 2.45) is 5.92 Å². The van der Waals surface area contributed by atoms with E-state index in [-0.39, 0.29) is 12.1 Å². The molecule has 5 heteroatoms. The van der Waals surface area contributed by atoms with Crippen LogP contribution in [0.15, 0.2) is 15.5 Å². The molecule has 0 saturated heterocycles. The van der Waals surface area contributed by atoms with E-state index in [1.54, 1.807) is 6.20 Å². The molecule has 102 valence electrons. The molecule has 0 spiro atoms. The third kappa shape index (κ3) is 3.38. The van der Waals surface area contributed by atoms with Gasteiger partial charge in [-0.05, 0) is 34.7 Å². The Balaban J connectivity index is 2.15. The molecule has 0 amide bonds. The molecule has 1 saturated carbocycles. The van der Waals surface area contributed by atoms with Crippen molar-refractivity contribution in [3.05, 3.63) is 21.0 Å². The molecule has 2 rings (SSSR count). The molecule has 1 heterocycles. The molecule has 2 unspecified atom stereocenters. The van der Waals surface area contributed by atoms with Crippen molar-refractivity contribution >= 4 is 21.6 Å². The van der Waals surface area contributed by atoms with E-state index < -0.39 is 0 Å². The van der Waals surface area contributed by atoms with Crippen LogP contribution in [0.5, 0.6) is 0 Å². The number of aromatic nitrogens is 2. The van der Waals surface area contributed by atoms with Crippen LogP contribution in [0.2, 0.25) is 0 Å². The van der Waals surface area contributed by atoms with E-state index in [2.05, 4.69) is 39.2 Å². The van der Waals surface area contributed by atoms with Gasteiger partial charge in [-0.3, -0.25) is 4.79 Å². The number of nitrogens with zero attached hydrogens (tertiary/aromatic N) is 2. The molecular formula is C14H18BrN3O. The molecule has 0 bridgehead atoms. The van der Waals surface area contributed by atoms with Crippen LogP contribution in [-0.2, 0) is 6.54 Å². The van der Waals surface area contributed by atoms with E-state index in [0.717, 1.165) is 24.4 Å². The zero-order valence-corrected chi connectivity index (χ0v) is 12.6. The molecule has 0 radical (unpaired) electrons. The molecule has 1 fully saturated rings. The van der Waals surface area contributed by atoms with E-state index in [0.29, 0.717) is 10.5 Å². The summed E-state index contributed by atoms with van der Waals surface area (Å²) in [5, 5.41) is 7.50. The Morgan fingerprint density at radius 2 is 2.42 bits per heavy atom. The standard InChI is InChI=1S/C14H18BrN3O/c1-3-7-18-14(19)13(15)12(9-16-18)17-11-6-4-5-10(2)8-11/h1,9-11,17H,4-8H2,2H3. The van der Waals surface area contributed by atoms with Gasteiger partial charge in [0.2, 0.25) is 0 Å². The van der Waals surface area contributed by atoms with Crippen molar-refractivity contribution < 1.29 is 0 Å². The lowest BCUT2D eigenvalue weighted by Crippen LogP contribution is -2.29. The summed E-state index contributed by atoms with van der Waals surface area (Å²) in [6.45, 7) is 2.46. The van der Waals surface area contributed by atoms with Crippen LogP contribution in [0.3, 0.4) is 0 Å². The Morgan fingerprint density at radius 1 is 1.63 bits per heavy atom. The van der Waals surface area contributed by atoms with Crippen molar-refractivity contribution in [3.63, 3.8) is 0 Å². The molecule has 1 aliphatic rings. The highest BCUT2D eigenvalue weighted by Gasteiger charge is 2.20. The Kier molecular flexibility index (Phi) is 4.65. The molecule has 0 aromatic carbocycles. The maximum Gasteiger partial charge on any atom is 0.284 e. The lowest BCUT2D eigenvalue weighted by Gasteiger charge is -2.28. The number of nitrogens with one attached hydrogen (secondary N) is 1. The van der Waals surface area contributed by atoms with E-state index in [1.165, 1.54) is 17.5 Å². The molecule has 1 aliphatic carbocycles. The van der Waals surface area contributed by atoms with E-state index >= 15 is 0 Å². The van der Waals surface area contributed by atoms with Gasteiger partial charge in [0.25, 0.3) is 5.56 Å². The van der Waals surface area contributed by atoms with E-state index in [1.807, 2.05) is 0 Å². The first kappa shape index (κ1) is 14.1. The predicted molar refractivity (Wildman–Crippen MR) is 80.1 cm³/mol. The summed E-state index contributed by atoms with van der Waals surface area (Å²) >= 11 is 3.34. The van der Waals surface area contributed by atoms with E-state index in [4.69, 9.17) is 6.42 Å². The Labute approximate surface area is 121 Å². The number of halogens is 1. The number of terminal acetylenes is 1. The molecule has 2 atom stereocenters. The smallest absolute Gasteiger partial charge is 0.284 e. The number of hydrogen-bond donors (Lipinski definition) is 1. The summed E-state index contributed by atoms with van der Waals surface area (Å²) in [6.07, 6.45) is 11.7. The van der Waals surface area contributed by atoms with E-state index in [9.17, 15) is 4.79 Å². The molecule has 4 nitrogen and oxygen atoms in total. The second-order valence-electron chi connectivity index (χ2n) is 5.15. The van der Waals surface area contributed by atoms with Gasteiger partial charge in [0.15, 0.2) is 0 Å². The maximum absolute atomic E-state index is 12.0. The summed E-state index contributed by atoms with van der Waals surface area (Å²) in [6, 6.07) is 0.421.